The molecule has 3 nitrogen and oxygen atoms in total. The number of rotatable bonds is 7. The summed E-state index contributed by atoms with van der Waals surface area (Å²) in [7, 11) is 0. The highest BCUT2D eigenvalue weighted by Crippen LogP contribution is 2.21. The Hall–Kier alpha value is -1.71. The van der Waals surface area contributed by atoms with Gasteiger partial charge in [0.1, 0.15) is 5.75 Å². The van der Waals surface area contributed by atoms with Gasteiger partial charge in [-0.05, 0) is 48.2 Å². The van der Waals surface area contributed by atoms with E-state index in [2.05, 4.69) is 12.2 Å². The van der Waals surface area contributed by atoms with Crippen LogP contribution in [0, 0.1) is 0 Å². The van der Waals surface area contributed by atoms with E-state index in [1.807, 2.05) is 31.2 Å². The van der Waals surface area contributed by atoms with Gasteiger partial charge in [-0.15, -0.1) is 0 Å². The minimum atomic E-state index is -0.538. The second-order valence-corrected chi connectivity index (χ2v) is 6.31. The van der Waals surface area contributed by atoms with Crippen molar-refractivity contribution in [2.45, 2.75) is 39.3 Å². The van der Waals surface area contributed by atoms with Gasteiger partial charge in [-0.1, -0.05) is 55.2 Å². The van der Waals surface area contributed by atoms with Gasteiger partial charge < -0.3 is 10.1 Å². The lowest BCUT2D eigenvalue weighted by molar-refractivity contribution is -0.128. The monoisotopic (exact) mass is 365 g/mol. The second-order valence-electron chi connectivity index (χ2n) is 5.47. The number of halogens is 2. The zero-order valence-electron chi connectivity index (χ0n) is 13.8. The molecule has 2 aromatic rings. The zero-order chi connectivity index (χ0) is 17.5. The van der Waals surface area contributed by atoms with Crippen molar-refractivity contribution in [1.82, 2.24) is 5.32 Å². The molecule has 24 heavy (non-hydrogen) atoms. The maximum absolute atomic E-state index is 12.3. The van der Waals surface area contributed by atoms with Gasteiger partial charge >= 0.3 is 0 Å². The minimum absolute atomic E-state index is 0.164. The van der Waals surface area contributed by atoms with Gasteiger partial charge in [0.25, 0.3) is 5.91 Å². The molecule has 0 heterocycles. The average molecular weight is 366 g/mol. The fourth-order valence-electron chi connectivity index (χ4n) is 2.25. The van der Waals surface area contributed by atoms with E-state index in [0.29, 0.717) is 28.8 Å². The summed E-state index contributed by atoms with van der Waals surface area (Å²) in [5, 5.41) is 3.97. The lowest BCUT2D eigenvalue weighted by Gasteiger charge is -2.18. The maximum atomic E-state index is 12.3. The molecule has 0 saturated heterocycles. The van der Waals surface area contributed by atoms with Crippen LogP contribution in [0.4, 0.5) is 0 Å². The lowest BCUT2D eigenvalue weighted by atomic mass is 10.1. The highest BCUT2D eigenvalue weighted by atomic mass is 35.5. The number of hydrogen-bond acceptors (Lipinski definition) is 2. The highest BCUT2D eigenvalue weighted by molar-refractivity contribution is 6.35. The van der Waals surface area contributed by atoms with Crippen LogP contribution in [0.25, 0.3) is 0 Å². The van der Waals surface area contributed by atoms with Crippen molar-refractivity contribution in [3.8, 4) is 5.75 Å². The summed E-state index contributed by atoms with van der Waals surface area (Å²) >= 11 is 12.0. The van der Waals surface area contributed by atoms with Gasteiger partial charge in [-0.2, -0.15) is 0 Å². The number of nitrogens with one attached hydrogen (secondary N) is 1. The largest absolute Gasteiger partial charge is 0.481 e. The first-order valence-electron chi connectivity index (χ1n) is 8.00. The molecule has 1 amide bonds. The van der Waals surface area contributed by atoms with E-state index in [4.69, 9.17) is 27.9 Å². The fourth-order valence-corrected chi connectivity index (χ4v) is 2.73. The van der Waals surface area contributed by atoms with Crippen molar-refractivity contribution in [3.05, 3.63) is 63.6 Å². The van der Waals surface area contributed by atoms with E-state index in [1.165, 1.54) is 5.56 Å². The molecule has 0 fully saturated rings. The first kappa shape index (κ1) is 18.6. The Morgan fingerprint density at radius 3 is 2.42 bits per heavy atom. The molecule has 5 heteroatoms. The van der Waals surface area contributed by atoms with Crippen molar-refractivity contribution in [3.63, 3.8) is 0 Å². The number of amides is 1. The Bertz CT molecular complexity index is 686. The van der Waals surface area contributed by atoms with Gasteiger partial charge in [-0.3, -0.25) is 4.79 Å². The Balaban J connectivity index is 1.95. The summed E-state index contributed by atoms with van der Waals surface area (Å²) in [5.74, 6) is 0.529. The van der Waals surface area contributed by atoms with Gasteiger partial charge in [0.2, 0.25) is 0 Å². The molecule has 0 radical (unpaired) electrons. The van der Waals surface area contributed by atoms with E-state index < -0.39 is 6.10 Å². The molecule has 2 aromatic carbocycles. The smallest absolute Gasteiger partial charge is 0.261 e. The molecule has 0 bridgehead atoms. The summed E-state index contributed by atoms with van der Waals surface area (Å²) in [6.07, 6.45) is 1.01. The number of hydrogen-bond donors (Lipinski definition) is 1. The second kappa shape index (κ2) is 8.95. The quantitative estimate of drug-likeness (QED) is 0.746. The first-order chi connectivity index (χ1) is 11.5. The number of aryl methyl sites for hydroxylation is 1. The summed E-state index contributed by atoms with van der Waals surface area (Å²) in [4.78, 5) is 12.3. The van der Waals surface area contributed by atoms with Crippen LogP contribution < -0.4 is 10.1 Å². The Kier molecular flexibility index (Phi) is 6.95. The zero-order valence-corrected chi connectivity index (χ0v) is 15.3. The Morgan fingerprint density at radius 1 is 1.12 bits per heavy atom. The van der Waals surface area contributed by atoms with E-state index in [9.17, 15) is 4.79 Å². The SMILES string of the molecule is CCc1ccc(O[C@H](CC)C(=O)NCc2ccc(Cl)cc2Cl)cc1. The van der Waals surface area contributed by atoms with E-state index in [-0.39, 0.29) is 5.91 Å². The molecular weight excluding hydrogens is 345 g/mol. The minimum Gasteiger partial charge on any atom is -0.481 e. The topological polar surface area (TPSA) is 38.3 Å². The fraction of sp³-hybridized carbons (Fsp3) is 0.316. The standard InChI is InChI=1S/C19H21Cl2NO2/c1-3-13-5-9-16(10-6-13)24-18(4-2)19(23)22-12-14-7-8-15(20)11-17(14)21/h5-11,18H,3-4,12H2,1-2H3,(H,22,23)/t18-/m1/s1. The Morgan fingerprint density at radius 2 is 1.83 bits per heavy atom. The molecule has 2 rings (SSSR count). The molecule has 1 atom stereocenters. The third-order valence-electron chi connectivity index (χ3n) is 3.74. The van der Waals surface area contributed by atoms with Crippen LogP contribution in [-0.4, -0.2) is 12.0 Å². The van der Waals surface area contributed by atoms with Crippen LogP contribution in [0.2, 0.25) is 10.0 Å². The van der Waals surface area contributed by atoms with E-state index >= 15 is 0 Å². The third kappa shape index (κ3) is 5.15. The number of ether oxygens (including phenoxy) is 1. The van der Waals surface area contributed by atoms with Crippen molar-refractivity contribution in [1.29, 1.82) is 0 Å². The third-order valence-corrected chi connectivity index (χ3v) is 4.33. The summed E-state index contributed by atoms with van der Waals surface area (Å²) in [6, 6.07) is 13.0. The summed E-state index contributed by atoms with van der Waals surface area (Å²) < 4.78 is 5.80. The van der Waals surface area contributed by atoms with Crippen LogP contribution >= 0.6 is 23.2 Å². The number of carbonyl (C=O) groups is 1. The number of carbonyl (C=O) groups excluding carboxylic acids is 1. The van der Waals surface area contributed by atoms with Gasteiger partial charge in [0.05, 0.1) is 0 Å². The van der Waals surface area contributed by atoms with E-state index in [0.717, 1.165) is 12.0 Å². The molecule has 0 saturated carbocycles. The van der Waals surface area contributed by atoms with Crippen molar-refractivity contribution < 1.29 is 9.53 Å². The number of benzene rings is 2. The molecular formula is C19H21Cl2NO2. The average Bonchev–Trinajstić information content (AvgIpc) is 2.59. The van der Waals surface area contributed by atoms with Crippen molar-refractivity contribution >= 4 is 29.1 Å². The molecule has 0 aliphatic rings. The van der Waals surface area contributed by atoms with Crippen molar-refractivity contribution in [2.75, 3.05) is 0 Å². The van der Waals surface area contributed by atoms with Crippen LogP contribution in [0.3, 0.4) is 0 Å². The predicted octanol–water partition coefficient (Wildman–Crippen LogP) is 5.03. The van der Waals surface area contributed by atoms with Crippen LogP contribution in [0.1, 0.15) is 31.4 Å². The molecule has 1 N–H and O–H groups in total. The van der Waals surface area contributed by atoms with Gasteiger partial charge in [-0.25, -0.2) is 0 Å². The lowest BCUT2D eigenvalue weighted by Crippen LogP contribution is -2.37. The van der Waals surface area contributed by atoms with Gasteiger partial charge in [0.15, 0.2) is 6.10 Å². The van der Waals surface area contributed by atoms with Gasteiger partial charge in [0, 0.05) is 16.6 Å². The van der Waals surface area contributed by atoms with E-state index in [1.54, 1.807) is 18.2 Å². The summed E-state index contributed by atoms with van der Waals surface area (Å²) in [5.41, 5.74) is 2.05. The molecule has 0 aliphatic carbocycles. The molecule has 0 unspecified atom stereocenters. The summed E-state index contributed by atoms with van der Waals surface area (Å²) in [6.45, 7) is 4.35. The molecule has 0 aliphatic heterocycles. The normalized spacial score (nSPS) is 11.8. The first-order valence-corrected chi connectivity index (χ1v) is 8.76. The van der Waals surface area contributed by atoms with Crippen LogP contribution in [0.15, 0.2) is 42.5 Å². The van der Waals surface area contributed by atoms with Crippen molar-refractivity contribution in [2.24, 2.45) is 0 Å². The highest BCUT2D eigenvalue weighted by Gasteiger charge is 2.18. The predicted molar refractivity (Wildman–Crippen MR) is 98.8 cm³/mol. The maximum Gasteiger partial charge on any atom is 0.261 e. The van der Waals surface area contributed by atoms with Crippen LogP contribution in [-0.2, 0) is 17.8 Å². The Labute approximate surface area is 152 Å². The molecule has 128 valence electrons. The molecule has 0 aromatic heterocycles. The van der Waals surface area contributed by atoms with Crippen LogP contribution in [0.5, 0.6) is 5.75 Å². The molecule has 0 spiro atoms.